The molecule has 0 fully saturated rings. The molecule has 2 aromatic heterocycles. The van der Waals surface area contributed by atoms with Crippen molar-refractivity contribution in [2.45, 2.75) is 24.6 Å². The lowest BCUT2D eigenvalue weighted by Gasteiger charge is -2.11. The number of amides is 1. The molecular formula is C19H21FN4O3S2. The summed E-state index contributed by atoms with van der Waals surface area (Å²) in [6.07, 6.45) is -0.459. The molecule has 0 aliphatic carbocycles. The monoisotopic (exact) mass is 436 g/mol. The first-order valence-corrected chi connectivity index (χ1v) is 10.7. The Morgan fingerprint density at radius 1 is 1.28 bits per heavy atom. The van der Waals surface area contributed by atoms with Gasteiger partial charge < -0.3 is 15.5 Å². The Labute approximate surface area is 175 Å². The van der Waals surface area contributed by atoms with E-state index in [4.69, 9.17) is 5.11 Å². The van der Waals surface area contributed by atoms with Crippen molar-refractivity contribution in [3.63, 3.8) is 0 Å². The van der Waals surface area contributed by atoms with E-state index >= 15 is 0 Å². The summed E-state index contributed by atoms with van der Waals surface area (Å²) in [5.74, 6) is 0.341. The Morgan fingerprint density at radius 3 is 2.69 bits per heavy atom. The quantitative estimate of drug-likeness (QED) is 0.445. The topological polar surface area (TPSA) is 100 Å². The minimum absolute atomic E-state index is 0.142. The second-order valence-corrected chi connectivity index (χ2v) is 8.55. The van der Waals surface area contributed by atoms with Crippen molar-refractivity contribution in [1.82, 2.24) is 20.1 Å². The first-order chi connectivity index (χ1) is 14.0. The summed E-state index contributed by atoms with van der Waals surface area (Å²) in [5.41, 5.74) is 0.674. The van der Waals surface area contributed by atoms with Gasteiger partial charge in [-0.2, -0.15) is 0 Å². The Kier molecular flexibility index (Phi) is 7.37. The van der Waals surface area contributed by atoms with E-state index in [0.717, 1.165) is 4.88 Å². The highest BCUT2D eigenvalue weighted by atomic mass is 32.2. The zero-order chi connectivity index (χ0) is 20.8. The van der Waals surface area contributed by atoms with Crippen LogP contribution in [0.2, 0.25) is 0 Å². The van der Waals surface area contributed by atoms with Crippen LogP contribution in [-0.2, 0) is 6.42 Å². The molecule has 0 aliphatic rings. The molecule has 0 aliphatic heterocycles. The Hall–Kier alpha value is -2.27. The third kappa shape index (κ3) is 5.63. The van der Waals surface area contributed by atoms with E-state index in [2.05, 4.69) is 15.5 Å². The Morgan fingerprint density at radius 2 is 2.03 bits per heavy atom. The molecule has 3 rings (SSSR count). The molecular weight excluding hydrogens is 415 g/mol. The fourth-order valence-corrected chi connectivity index (χ4v) is 4.23. The summed E-state index contributed by atoms with van der Waals surface area (Å²) >= 11 is 2.67. The van der Waals surface area contributed by atoms with E-state index in [9.17, 15) is 14.3 Å². The van der Waals surface area contributed by atoms with Gasteiger partial charge in [-0.1, -0.05) is 11.8 Å². The van der Waals surface area contributed by atoms with Gasteiger partial charge >= 0.3 is 0 Å². The third-order valence-corrected chi connectivity index (χ3v) is 6.07. The fourth-order valence-electron chi connectivity index (χ4n) is 2.56. The lowest BCUT2D eigenvalue weighted by molar-refractivity contribution is 0.0958. The van der Waals surface area contributed by atoms with Crippen LogP contribution in [0.1, 0.15) is 20.4 Å². The van der Waals surface area contributed by atoms with Crippen LogP contribution >= 0.6 is 23.1 Å². The molecule has 10 heteroatoms. The molecule has 0 saturated carbocycles. The fraction of sp³-hybridized carbons (Fsp3) is 0.316. The van der Waals surface area contributed by atoms with Crippen molar-refractivity contribution in [2.24, 2.45) is 0 Å². The molecule has 0 bridgehead atoms. The maximum Gasteiger partial charge on any atom is 0.261 e. The second kappa shape index (κ2) is 9.97. The highest BCUT2D eigenvalue weighted by Gasteiger charge is 2.16. The molecule has 1 aromatic carbocycles. The minimum Gasteiger partial charge on any atom is -0.394 e. The zero-order valence-electron chi connectivity index (χ0n) is 15.7. The number of hydrogen-bond acceptors (Lipinski definition) is 7. The van der Waals surface area contributed by atoms with Crippen molar-refractivity contribution in [3.8, 4) is 5.69 Å². The number of rotatable bonds is 9. The number of aliphatic hydroxyl groups is 2. The van der Waals surface area contributed by atoms with Gasteiger partial charge in [0.05, 0.1) is 17.6 Å². The molecule has 1 atom stereocenters. The second-order valence-electron chi connectivity index (χ2n) is 6.27. The van der Waals surface area contributed by atoms with Gasteiger partial charge in [-0.05, 0) is 43.3 Å². The van der Waals surface area contributed by atoms with Gasteiger partial charge in [-0.25, -0.2) is 4.39 Å². The largest absolute Gasteiger partial charge is 0.394 e. The van der Waals surface area contributed by atoms with Gasteiger partial charge in [0, 0.05) is 29.3 Å². The van der Waals surface area contributed by atoms with Crippen LogP contribution in [0.3, 0.4) is 0 Å². The van der Waals surface area contributed by atoms with Crippen LogP contribution in [0, 0.1) is 12.7 Å². The zero-order valence-corrected chi connectivity index (χ0v) is 17.3. The van der Waals surface area contributed by atoms with Gasteiger partial charge in [0.2, 0.25) is 0 Å². The number of nitrogens with zero attached hydrogens (tertiary/aromatic N) is 3. The number of aryl methyl sites for hydroxylation is 1. The average molecular weight is 437 g/mol. The van der Waals surface area contributed by atoms with Crippen molar-refractivity contribution in [3.05, 3.63) is 57.8 Å². The standard InChI is InChI=1S/C19H21FN4O3S2/c1-12-2-7-16(29-12)18(27)21-9-8-17-22-23-19(28-11-15(26)10-25)24(17)14-5-3-13(20)4-6-14/h2-7,15,25-26H,8-11H2,1H3,(H,21,27). The van der Waals surface area contributed by atoms with E-state index in [-0.39, 0.29) is 24.1 Å². The predicted molar refractivity (Wildman–Crippen MR) is 110 cm³/mol. The van der Waals surface area contributed by atoms with Crippen molar-refractivity contribution >= 4 is 29.0 Å². The number of benzene rings is 1. The molecule has 29 heavy (non-hydrogen) atoms. The van der Waals surface area contributed by atoms with Gasteiger partial charge in [-0.15, -0.1) is 21.5 Å². The summed E-state index contributed by atoms with van der Waals surface area (Å²) in [6.45, 7) is 1.96. The lowest BCUT2D eigenvalue weighted by atomic mass is 10.3. The number of carbonyl (C=O) groups is 1. The minimum atomic E-state index is -0.879. The number of nitrogens with one attached hydrogen (secondary N) is 1. The summed E-state index contributed by atoms with van der Waals surface area (Å²) in [5, 5.41) is 30.4. The molecule has 0 spiro atoms. The molecule has 0 radical (unpaired) electrons. The first kappa shape index (κ1) is 21.4. The number of halogens is 1. The first-order valence-electron chi connectivity index (χ1n) is 8.94. The van der Waals surface area contributed by atoms with E-state index in [1.54, 1.807) is 22.8 Å². The van der Waals surface area contributed by atoms with Crippen LogP contribution < -0.4 is 5.32 Å². The molecule has 154 valence electrons. The maximum atomic E-state index is 13.3. The lowest BCUT2D eigenvalue weighted by Crippen LogP contribution is -2.25. The molecule has 3 N–H and O–H groups in total. The number of thioether (sulfide) groups is 1. The number of aliphatic hydroxyl groups excluding tert-OH is 2. The van der Waals surface area contributed by atoms with E-state index in [1.807, 2.05) is 13.0 Å². The molecule has 1 unspecified atom stereocenters. The number of carbonyl (C=O) groups excluding carboxylic acids is 1. The van der Waals surface area contributed by atoms with Crippen LogP contribution in [0.4, 0.5) is 4.39 Å². The molecule has 7 nitrogen and oxygen atoms in total. The number of thiophene rings is 1. The summed E-state index contributed by atoms with van der Waals surface area (Å²) in [6, 6.07) is 9.60. The van der Waals surface area contributed by atoms with E-state index in [0.29, 0.717) is 34.5 Å². The van der Waals surface area contributed by atoms with Gasteiger partial charge in [0.25, 0.3) is 5.91 Å². The highest BCUT2D eigenvalue weighted by molar-refractivity contribution is 7.99. The van der Waals surface area contributed by atoms with Gasteiger partial charge in [0.1, 0.15) is 11.6 Å². The highest BCUT2D eigenvalue weighted by Crippen LogP contribution is 2.23. The Balaban J connectivity index is 1.73. The van der Waals surface area contributed by atoms with Gasteiger partial charge in [-0.3, -0.25) is 9.36 Å². The van der Waals surface area contributed by atoms with Crippen LogP contribution in [0.5, 0.6) is 0 Å². The molecule has 1 amide bonds. The van der Waals surface area contributed by atoms with Crippen LogP contribution in [0.25, 0.3) is 5.69 Å². The predicted octanol–water partition coefficient (Wildman–Crippen LogP) is 2.19. The smallest absolute Gasteiger partial charge is 0.261 e. The van der Waals surface area contributed by atoms with E-state index < -0.39 is 6.10 Å². The number of hydrogen-bond donors (Lipinski definition) is 3. The third-order valence-electron chi connectivity index (χ3n) is 4.00. The normalized spacial score (nSPS) is 12.1. The van der Waals surface area contributed by atoms with Crippen LogP contribution in [-0.4, -0.2) is 55.9 Å². The maximum absolute atomic E-state index is 13.3. The average Bonchev–Trinajstić information content (AvgIpc) is 3.33. The molecule has 3 aromatic rings. The Bertz CT molecular complexity index is 959. The van der Waals surface area contributed by atoms with Crippen molar-refractivity contribution in [2.75, 3.05) is 18.9 Å². The van der Waals surface area contributed by atoms with Crippen molar-refractivity contribution in [1.29, 1.82) is 0 Å². The van der Waals surface area contributed by atoms with E-state index in [1.165, 1.54) is 35.2 Å². The molecule has 0 saturated heterocycles. The number of aromatic nitrogens is 3. The molecule has 2 heterocycles. The summed E-state index contributed by atoms with van der Waals surface area (Å²) < 4.78 is 15.1. The summed E-state index contributed by atoms with van der Waals surface area (Å²) in [4.78, 5) is 13.9. The van der Waals surface area contributed by atoms with Gasteiger partial charge in [0.15, 0.2) is 5.16 Å². The van der Waals surface area contributed by atoms with Crippen LogP contribution in [0.15, 0.2) is 41.6 Å². The SMILES string of the molecule is Cc1ccc(C(=O)NCCc2nnc(SCC(O)CO)n2-c2ccc(F)cc2)s1. The van der Waals surface area contributed by atoms with Crippen molar-refractivity contribution < 1.29 is 19.4 Å². The summed E-state index contributed by atoms with van der Waals surface area (Å²) in [7, 11) is 0.